The van der Waals surface area contributed by atoms with Gasteiger partial charge in [0, 0.05) is 37.8 Å². The fraction of sp³-hybridized carbons (Fsp3) is 0.526. The van der Waals surface area contributed by atoms with Crippen LogP contribution in [0.4, 0.5) is 4.79 Å². The molecule has 2 fully saturated rings. The number of fused-ring (bicyclic) bond motifs is 1. The van der Waals surface area contributed by atoms with E-state index in [9.17, 15) is 9.59 Å². The van der Waals surface area contributed by atoms with E-state index in [0.29, 0.717) is 48.9 Å². The zero-order chi connectivity index (χ0) is 17.9. The number of carbonyl (C=O) groups excluding carboxylic acids is 2. The van der Waals surface area contributed by atoms with Crippen LogP contribution in [0.2, 0.25) is 0 Å². The smallest absolute Gasteiger partial charge is 0.317 e. The van der Waals surface area contributed by atoms with Gasteiger partial charge in [-0.15, -0.1) is 0 Å². The molecule has 0 unspecified atom stereocenters. The second kappa shape index (κ2) is 7.35. The van der Waals surface area contributed by atoms with Gasteiger partial charge >= 0.3 is 6.03 Å². The first-order chi connectivity index (χ1) is 12.7. The van der Waals surface area contributed by atoms with Gasteiger partial charge in [-0.1, -0.05) is 19.3 Å². The number of nitrogens with zero attached hydrogens (tertiary/aromatic N) is 3. The highest BCUT2D eigenvalue weighted by atomic mass is 16.3. The molecule has 7 heteroatoms. The molecular weight excluding hydrogens is 332 g/mol. The number of hydrogen-bond acceptors (Lipinski definition) is 4. The Balaban J connectivity index is 1.32. The molecule has 2 aromatic rings. The Kier molecular flexibility index (Phi) is 4.77. The van der Waals surface area contributed by atoms with E-state index in [2.05, 4.69) is 10.3 Å². The van der Waals surface area contributed by atoms with Gasteiger partial charge in [0.2, 0.25) is 0 Å². The normalized spacial score (nSPS) is 18.9. The summed E-state index contributed by atoms with van der Waals surface area (Å²) in [7, 11) is 0. The third kappa shape index (κ3) is 3.52. The highest BCUT2D eigenvalue weighted by molar-refractivity contribution is 5.97. The van der Waals surface area contributed by atoms with Gasteiger partial charge in [0.1, 0.15) is 5.52 Å². The molecule has 1 aromatic carbocycles. The highest BCUT2D eigenvalue weighted by Gasteiger charge is 2.26. The summed E-state index contributed by atoms with van der Waals surface area (Å²) >= 11 is 0. The summed E-state index contributed by atoms with van der Waals surface area (Å²) in [4.78, 5) is 32.8. The van der Waals surface area contributed by atoms with Crippen molar-refractivity contribution in [3.63, 3.8) is 0 Å². The number of urea groups is 1. The van der Waals surface area contributed by atoms with Crippen molar-refractivity contribution in [2.75, 3.05) is 26.2 Å². The molecule has 26 heavy (non-hydrogen) atoms. The van der Waals surface area contributed by atoms with Gasteiger partial charge in [-0.2, -0.15) is 0 Å². The number of aromatic nitrogens is 1. The Morgan fingerprint density at radius 3 is 2.54 bits per heavy atom. The zero-order valence-electron chi connectivity index (χ0n) is 14.8. The molecule has 0 bridgehead atoms. The van der Waals surface area contributed by atoms with Gasteiger partial charge in [0.05, 0.1) is 0 Å². The van der Waals surface area contributed by atoms with Crippen LogP contribution in [-0.2, 0) is 0 Å². The number of rotatable bonds is 2. The number of nitrogens with one attached hydrogen (secondary N) is 1. The Labute approximate surface area is 152 Å². The predicted molar refractivity (Wildman–Crippen MR) is 96.9 cm³/mol. The van der Waals surface area contributed by atoms with Gasteiger partial charge in [-0.25, -0.2) is 9.78 Å². The first-order valence-electron chi connectivity index (χ1n) is 9.39. The Morgan fingerprint density at radius 1 is 1.04 bits per heavy atom. The van der Waals surface area contributed by atoms with E-state index in [0.717, 1.165) is 12.8 Å². The van der Waals surface area contributed by atoms with E-state index in [4.69, 9.17) is 4.42 Å². The predicted octanol–water partition coefficient (Wildman–Crippen LogP) is 2.63. The molecule has 2 heterocycles. The minimum absolute atomic E-state index is 0.00742. The van der Waals surface area contributed by atoms with Crippen LogP contribution in [0.3, 0.4) is 0 Å². The van der Waals surface area contributed by atoms with Crippen LogP contribution in [0.25, 0.3) is 11.1 Å². The average molecular weight is 356 g/mol. The first kappa shape index (κ1) is 16.9. The second-order valence-electron chi connectivity index (χ2n) is 7.10. The van der Waals surface area contributed by atoms with E-state index in [1.165, 1.54) is 25.7 Å². The van der Waals surface area contributed by atoms with Crippen molar-refractivity contribution in [3.05, 3.63) is 30.2 Å². The molecule has 4 rings (SSSR count). The largest absolute Gasteiger partial charge is 0.443 e. The molecule has 0 atom stereocenters. The SMILES string of the molecule is O=C(NC1CCCCC1)N1CCN(C(=O)c2ccc3ocnc3c2)CC1. The zero-order valence-corrected chi connectivity index (χ0v) is 14.8. The van der Waals surface area contributed by atoms with Crippen molar-refractivity contribution in [1.82, 2.24) is 20.1 Å². The van der Waals surface area contributed by atoms with Crippen molar-refractivity contribution >= 4 is 23.0 Å². The number of oxazole rings is 1. The number of amides is 3. The third-order valence-corrected chi connectivity index (χ3v) is 5.36. The Bertz CT molecular complexity index is 789. The molecule has 0 radical (unpaired) electrons. The topological polar surface area (TPSA) is 78.7 Å². The summed E-state index contributed by atoms with van der Waals surface area (Å²) in [6.45, 7) is 2.23. The lowest BCUT2D eigenvalue weighted by Crippen LogP contribution is -2.54. The van der Waals surface area contributed by atoms with E-state index in [1.807, 2.05) is 4.90 Å². The number of hydrogen-bond donors (Lipinski definition) is 1. The van der Waals surface area contributed by atoms with Gasteiger partial charge < -0.3 is 19.5 Å². The van der Waals surface area contributed by atoms with Gasteiger partial charge in [0.25, 0.3) is 5.91 Å². The molecule has 1 N–H and O–H groups in total. The monoisotopic (exact) mass is 356 g/mol. The van der Waals surface area contributed by atoms with Crippen molar-refractivity contribution in [2.24, 2.45) is 0 Å². The summed E-state index contributed by atoms with van der Waals surface area (Å²) < 4.78 is 5.21. The maximum atomic E-state index is 12.7. The van der Waals surface area contributed by atoms with E-state index in [-0.39, 0.29) is 11.9 Å². The van der Waals surface area contributed by atoms with Gasteiger partial charge in [-0.05, 0) is 31.0 Å². The van der Waals surface area contributed by atoms with Crippen molar-refractivity contribution in [3.8, 4) is 0 Å². The quantitative estimate of drug-likeness (QED) is 0.897. The molecule has 1 aliphatic carbocycles. The molecule has 1 aromatic heterocycles. The summed E-state index contributed by atoms with van der Waals surface area (Å²) in [6.07, 6.45) is 7.20. The lowest BCUT2D eigenvalue weighted by molar-refractivity contribution is 0.0662. The van der Waals surface area contributed by atoms with Crippen LogP contribution >= 0.6 is 0 Å². The minimum Gasteiger partial charge on any atom is -0.443 e. The molecule has 1 saturated heterocycles. The number of carbonyl (C=O) groups is 2. The molecule has 7 nitrogen and oxygen atoms in total. The molecule has 2 aliphatic rings. The van der Waals surface area contributed by atoms with Crippen LogP contribution in [0.1, 0.15) is 42.5 Å². The van der Waals surface area contributed by atoms with Crippen LogP contribution in [0.5, 0.6) is 0 Å². The Morgan fingerprint density at radius 2 is 1.77 bits per heavy atom. The standard InChI is InChI=1S/C19H24N4O3/c24-18(14-6-7-17-16(12-14)20-13-26-17)22-8-10-23(11-9-22)19(25)21-15-4-2-1-3-5-15/h6-7,12-13,15H,1-5,8-11H2,(H,21,25). The minimum atomic E-state index is -0.0257. The molecular formula is C19H24N4O3. The van der Waals surface area contributed by atoms with E-state index in [1.54, 1.807) is 23.1 Å². The summed E-state index contributed by atoms with van der Waals surface area (Å²) in [5.41, 5.74) is 1.96. The molecule has 1 aliphatic heterocycles. The summed E-state index contributed by atoms with van der Waals surface area (Å²) in [5.74, 6) is -0.0257. The van der Waals surface area contributed by atoms with Crippen LogP contribution < -0.4 is 5.32 Å². The van der Waals surface area contributed by atoms with Crippen LogP contribution in [0, 0.1) is 0 Å². The Hall–Kier alpha value is -2.57. The third-order valence-electron chi connectivity index (χ3n) is 5.36. The lowest BCUT2D eigenvalue weighted by atomic mass is 9.96. The molecule has 1 saturated carbocycles. The summed E-state index contributed by atoms with van der Waals surface area (Å²) in [5, 5.41) is 3.15. The van der Waals surface area contributed by atoms with Crippen molar-refractivity contribution in [2.45, 2.75) is 38.1 Å². The average Bonchev–Trinajstić information content (AvgIpc) is 3.16. The maximum Gasteiger partial charge on any atom is 0.317 e. The molecule has 3 amide bonds. The number of piperazine rings is 1. The molecule has 138 valence electrons. The first-order valence-corrected chi connectivity index (χ1v) is 9.39. The van der Waals surface area contributed by atoms with Crippen molar-refractivity contribution in [1.29, 1.82) is 0 Å². The van der Waals surface area contributed by atoms with Gasteiger partial charge in [0.15, 0.2) is 12.0 Å². The fourth-order valence-corrected chi connectivity index (χ4v) is 3.80. The maximum absolute atomic E-state index is 12.7. The van der Waals surface area contributed by atoms with Gasteiger partial charge in [-0.3, -0.25) is 4.79 Å². The van der Waals surface area contributed by atoms with E-state index < -0.39 is 0 Å². The lowest BCUT2D eigenvalue weighted by Gasteiger charge is -2.36. The summed E-state index contributed by atoms with van der Waals surface area (Å²) in [6, 6.07) is 5.60. The van der Waals surface area contributed by atoms with Crippen molar-refractivity contribution < 1.29 is 14.0 Å². The molecule has 0 spiro atoms. The van der Waals surface area contributed by atoms with Crippen LogP contribution in [-0.4, -0.2) is 58.9 Å². The highest BCUT2D eigenvalue weighted by Crippen LogP contribution is 2.19. The number of benzene rings is 1. The fourth-order valence-electron chi connectivity index (χ4n) is 3.80. The van der Waals surface area contributed by atoms with E-state index >= 15 is 0 Å². The second-order valence-corrected chi connectivity index (χ2v) is 7.10. The van der Waals surface area contributed by atoms with Crippen LogP contribution in [0.15, 0.2) is 29.0 Å².